The summed E-state index contributed by atoms with van der Waals surface area (Å²) >= 11 is 0. The minimum absolute atomic E-state index is 0.0302. The van der Waals surface area contributed by atoms with E-state index in [1.54, 1.807) is 18.2 Å². The first-order chi connectivity index (χ1) is 15.9. The molecule has 7 atom stereocenters. The molecular formula is C26H37FO6. The van der Waals surface area contributed by atoms with Crippen molar-refractivity contribution in [3.05, 3.63) is 42.2 Å². The third-order valence-electron chi connectivity index (χ3n) is 7.06. The Morgan fingerprint density at radius 1 is 1.30 bits per heavy atom. The summed E-state index contributed by atoms with van der Waals surface area (Å²) in [5, 5.41) is 30.2. The molecule has 1 saturated heterocycles. The van der Waals surface area contributed by atoms with Gasteiger partial charge in [-0.2, -0.15) is 0 Å². The van der Waals surface area contributed by atoms with E-state index in [0.717, 1.165) is 25.7 Å². The summed E-state index contributed by atoms with van der Waals surface area (Å²) in [4.78, 5) is 11.4. The van der Waals surface area contributed by atoms with Gasteiger partial charge in [-0.15, -0.1) is 0 Å². The number of ether oxygens (including phenoxy) is 2. The number of fused-ring (bicyclic) bond motifs is 1. The maximum atomic E-state index is 13.7. The van der Waals surface area contributed by atoms with Crippen molar-refractivity contribution >= 4 is 5.97 Å². The van der Waals surface area contributed by atoms with Crippen LogP contribution in [0.15, 0.2) is 36.4 Å². The molecule has 1 aromatic rings. The summed E-state index contributed by atoms with van der Waals surface area (Å²) in [5.41, 5.74) is 0. The molecule has 0 amide bonds. The van der Waals surface area contributed by atoms with Gasteiger partial charge in [0, 0.05) is 18.9 Å². The quantitative estimate of drug-likeness (QED) is 0.425. The second-order valence-electron chi connectivity index (χ2n) is 9.45. The van der Waals surface area contributed by atoms with Gasteiger partial charge in [-0.3, -0.25) is 4.79 Å². The maximum Gasteiger partial charge on any atom is 0.306 e. The smallest absolute Gasteiger partial charge is 0.306 e. The molecule has 1 unspecified atom stereocenters. The van der Waals surface area contributed by atoms with E-state index in [4.69, 9.17) is 9.47 Å². The van der Waals surface area contributed by atoms with Gasteiger partial charge in [-0.25, -0.2) is 4.39 Å². The van der Waals surface area contributed by atoms with Gasteiger partial charge in [-0.1, -0.05) is 37.6 Å². The van der Waals surface area contributed by atoms with E-state index >= 15 is 0 Å². The number of carbonyl (C=O) groups is 1. The number of halogens is 1. The molecule has 1 heterocycles. The van der Waals surface area contributed by atoms with Gasteiger partial charge >= 0.3 is 5.97 Å². The number of hydrogen-bond acceptors (Lipinski definition) is 5. The van der Waals surface area contributed by atoms with Gasteiger partial charge in [0.1, 0.15) is 12.7 Å². The second-order valence-corrected chi connectivity index (χ2v) is 9.45. The fraction of sp³-hybridized carbons (Fsp3) is 0.654. The highest BCUT2D eigenvalue weighted by molar-refractivity contribution is 5.69. The molecule has 1 aromatic carbocycles. The molecule has 7 heteroatoms. The monoisotopic (exact) mass is 464 g/mol. The Hall–Kier alpha value is -1.96. The molecule has 0 bridgehead atoms. The predicted octanol–water partition coefficient (Wildman–Crippen LogP) is 4.19. The van der Waals surface area contributed by atoms with Crippen molar-refractivity contribution in [3.63, 3.8) is 0 Å². The Bertz CT molecular complexity index is 784. The zero-order valence-corrected chi connectivity index (χ0v) is 19.3. The Morgan fingerprint density at radius 2 is 2.09 bits per heavy atom. The first-order valence-electron chi connectivity index (χ1n) is 12.1. The lowest BCUT2D eigenvalue weighted by atomic mass is 9.85. The van der Waals surface area contributed by atoms with Crippen LogP contribution in [0.5, 0.6) is 5.75 Å². The van der Waals surface area contributed by atoms with Crippen LogP contribution in [0.1, 0.15) is 51.9 Å². The highest BCUT2D eigenvalue weighted by atomic mass is 19.1. The Balaban J connectivity index is 1.50. The summed E-state index contributed by atoms with van der Waals surface area (Å²) in [6.07, 6.45) is 7.46. The van der Waals surface area contributed by atoms with Crippen molar-refractivity contribution < 1.29 is 34.0 Å². The SMILES string of the molecule is CCCC(CC[C@@H]1CC[C@@H]2[C@@H](/C=C/[C@@H](O)COc3ccccc3F)[C@H](O)C[C@@H]2OC1)C(=O)O. The number of rotatable bonds is 11. The molecule has 184 valence electrons. The van der Waals surface area contributed by atoms with Gasteiger partial charge < -0.3 is 24.8 Å². The van der Waals surface area contributed by atoms with E-state index in [2.05, 4.69) is 0 Å². The van der Waals surface area contributed by atoms with Crippen LogP contribution in [0.3, 0.4) is 0 Å². The molecule has 6 nitrogen and oxygen atoms in total. The van der Waals surface area contributed by atoms with E-state index in [0.29, 0.717) is 31.8 Å². The number of aliphatic hydroxyl groups is 2. The van der Waals surface area contributed by atoms with E-state index in [1.165, 1.54) is 12.1 Å². The van der Waals surface area contributed by atoms with Crippen LogP contribution < -0.4 is 4.74 Å². The summed E-state index contributed by atoms with van der Waals surface area (Å²) in [6.45, 7) is 2.53. The minimum atomic E-state index is -0.915. The van der Waals surface area contributed by atoms with Crippen LogP contribution in [0.25, 0.3) is 0 Å². The number of carboxylic acids is 1. The van der Waals surface area contributed by atoms with Crippen LogP contribution in [0.4, 0.5) is 4.39 Å². The number of para-hydroxylation sites is 1. The van der Waals surface area contributed by atoms with Crippen molar-refractivity contribution in [2.75, 3.05) is 13.2 Å². The molecule has 3 N–H and O–H groups in total. The number of benzene rings is 1. The average Bonchev–Trinajstić information content (AvgIpc) is 2.95. The van der Waals surface area contributed by atoms with E-state index in [9.17, 15) is 24.5 Å². The van der Waals surface area contributed by atoms with E-state index in [-0.39, 0.29) is 36.2 Å². The molecule has 1 aliphatic heterocycles. The normalized spacial score (nSPS) is 29.4. The Kier molecular flexibility index (Phi) is 9.71. The van der Waals surface area contributed by atoms with Crippen LogP contribution in [-0.2, 0) is 9.53 Å². The standard InChI is InChI=1S/C26H37FO6/c1-2-5-18(26(30)31)10-8-17-9-12-21-20(23(29)14-25(21)32-15-17)13-11-19(28)16-33-24-7-4-3-6-22(24)27/h3-4,6-7,11,13,17-21,23,25,28-29H,2,5,8-10,12,14-16H2,1H3,(H,30,31)/b13-11+/t17-,18?,19-,20-,21-,23-,25+/m1/s1. The zero-order valence-electron chi connectivity index (χ0n) is 19.3. The lowest BCUT2D eigenvalue weighted by Gasteiger charge is -2.21. The molecule has 2 fully saturated rings. The molecule has 1 saturated carbocycles. The van der Waals surface area contributed by atoms with E-state index < -0.39 is 24.0 Å². The van der Waals surface area contributed by atoms with Gasteiger partial charge in [0.2, 0.25) is 0 Å². The maximum absolute atomic E-state index is 13.7. The molecule has 33 heavy (non-hydrogen) atoms. The summed E-state index contributed by atoms with van der Waals surface area (Å²) in [5.74, 6) is -1.01. The van der Waals surface area contributed by atoms with Crippen molar-refractivity contribution in [2.45, 2.75) is 70.2 Å². The first-order valence-corrected chi connectivity index (χ1v) is 12.1. The Labute approximate surface area is 195 Å². The van der Waals surface area contributed by atoms with Gasteiger partial charge in [-0.05, 0) is 56.1 Å². The summed E-state index contributed by atoms with van der Waals surface area (Å²) < 4.78 is 25.2. The number of carboxylic acid groups (broad SMARTS) is 1. The lowest BCUT2D eigenvalue weighted by Crippen LogP contribution is -2.22. The molecule has 0 aromatic heterocycles. The highest BCUT2D eigenvalue weighted by Gasteiger charge is 2.43. The molecule has 0 spiro atoms. The molecule has 2 aliphatic rings. The largest absolute Gasteiger partial charge is 0.487 e. The van der Waals surface area contributed by atoms with Crippen LogP contribution in [0, 0.1) is 29.5 Å². The number of aliphatic hydroxyl groups excluding tert-OH is 2. The third kappa shape index (κ3) is 7.26. The highest BCUT2D eigenvalue weighted by Crippen LogP contribution is 2.42. The van der Waals surface area contributed by atoms with Crippen molar-refractivity contribution in [1.29, 1.82) is 0 Å². The first kappa shape index (κ1) is 25.7. The number of hydrogen-bond donors (Lipinski definition) is 3. The predicted molar refractivity (Wildman–Crippen MR) is 122 cm³/mol. The average molecular weight is 465 g/mol. The summed E-state index contributed by atoms with van der Waals surface area (Å²) in [7, 11) is 0. The van der Waals surface area contributed by atoms with Crippen LogP contribution >= 0.6 is 0 Å². The van der Waals surface area contributed by atoms with Crippen molar-refractivity contribution in [3.8, 4) is 5.75 Å². The topological polar surface area (TPSA) is 96.2 Å². The lowest BCUT2D eigenvalue weighted by molar-refractivity contribution is -0.142. The van der Waals surface area contributed by atoms with E-state index in [1.807, 2.05) is 13.0 Å². The molecule has 3 rings (SSSR count). The molecular weight excluding hydrogens is 427 g/mol. The van der Waals surface area contributed by atoms with Crippen molar-refractivity contribution in [2.24, 2.45) is 23.7 Å². The third-order valence-corrected chi connectivity index (χ3v) is 7.06. The zero-order chi connectivity index (χ0) is 23.8. The Morgan fingerprint density at radius 3 is 2.82 bits per heavy atom. The van der Waals surface area contributed by atoms with Gasteiger partial charge in [0.05, 0.1) is 18.1 Å². The fourth-order valence-electron chi connectivity index (χ4n) is 5.17. The number of aliphatic carboxylic acids is 1. The fourth-order valence-corrected chi connectivity index (χ4v) is 5.17. The molecule has 0 radical (unpaired) electrons. The van der Waals surface area contributed by atoms with Gasteiger partial charge in [0.25, 0.3) is 0 Å². The minimum Gasteiger partial charge on any atom is -0.487 e. The summed E-state index contributed by atoms with van der Waals surface area (Å²) in [6, 6.07) is 6.06. The molecule has 1 aliphatic carbocycles. The second kappa shape index (κ2) is 12.5. The van der Waals surface area contributed by atoms with Gasteiger partial charge in [0.15, 0.2) is 11.6 Å². The van der Waals surface area contributed by atoms with Crippen molar-refractivity contribution in [1.82, 2.24) is 0 Å². The van der Waals surface area contributed by atoms with Crippen LogP contribution in [-0.4, -0.2) is 52.8 Å². The van der Waals surface area contributed by atoms with Crippen LogP contribution in [0.2, 0.25) is 0 Å².